The number of hydrogen-bond acceptors (Lipinski definition) is 3. The van der Waals surface area contributed by atoms with Crippen molar-refractivity contribution in [1.29, 1.82) is 0 Å². The van der Waals surface area contributed by atoms with Gasteiger partial charge >= 0.3 is 0 Å². The molecule has 21 heavy (non-hydrogen) atoms. The molecular formula is C16H28N2OS2. The molecule has 2 atom stereocenters. The van der Waals surface area contributed by atoms with Crippen molar-refractivity contribution in [2.24, 2.45) is 11.1 Å². The fourth-order valence-electron chi connectivity index (χ4n) is 3.70. The van der Waals surface area contributed by atoms with Gasteiger partial charge in [0.1, 0.15) is 0 Å². The van der Waals surface area contributed by atoms with Crippen LogP contribution in [0.3, 0.4) is 0 Å². The number of amides is 1. The molecule has 2 saturated carbocycles. The van der Waals surface area contributed by atoms with Gasteiger partial charge in [0.05, 0.1) is 10.4 Å². The van der Waals surface area contributed by atoms with Crippen molar-refractivity contribution in [1.82, 2.24) is 5.32 Å². The van der Waals surface area contributed by atoms with Gasteiger partial charge in [-0.1, -0.05) is 44.8 Å². The van der Waals surface area contributed by atoms with Gasteiger partial charge in [0.2, 0.25) is 5.91 Å². The van der Waals surface area contributed by atoms with Crippen LogP contribution in [0.25, 0.3) is 0 Å². The summed E-state index contributed by atoms with van der Waals surface area (Å²) in [6, 6.07) is 0.316. The van der Waals surface area contributed by atoms with Crippen molar-refractivity contribution < 1.29 is 4.79 Å². The molecular weight excluding hydrogens is 300 g/mol. The van der Waals surface area contributed by atoms with E-state index in [1.165, 1.54) is 19.3 Å². The molecule has 0 aliphatic heterocycles. The van der Waals surface area contributed by atoms with Gasteiger partial charge in [0.15, 0.2) is 0 Å². The predicted octanol–water partition coefficient (Wildman–Crippen LogP) is 3.40. The highest BCUT2D eigenvalue weighted by atomic mass is 32.2. The van der Waals surface area contributed by atoms with E-state index in [9.17, 15) is 4.79 Å². The van der Waals surface area contributed by atoms with Crippen LogP contribution in [0.15, 0.2) is 0 Å². The molecule has 0 aromatic carbocycles. The van der Waals surface area contributed by atoms with Crippen LogP contribution in [0.4, 0.5) is 0 Å². The van der Waals surface area contributed by atoms with Crippen molar-refractivity contribution in [3.8, 4) is 0 Å². The van der Waals surface area contributed by atoms with E-state index in [1.807, 2.05) is 11.8 Å². The third-order valence-electron chi connectivity index (χ3n) is 4.99. The summed E-state index contributed by atoms with van der Waals surface area (Å²) in [4.78, 5) is 13.3. The fourth-order valence-corrected chi connectivity index (χ4v) is 5.14. The first-order valence-corrected chi connectivity index (χ1v) is 9.76. The molecule has 5 heteroatoms. The van der Waals surface area contributed by atoms with Crippen LogP contribution >= 0.6 is 24.0 Å². The van der Waals surface area contributed by atoms with Gasteiger partial charge in [-0.25, -0.2) is 0 Å². The zero-order chi connectivity index (χ0) is 15.3. The van der Waals surface area contributed by atoms with Crippen molar-refractivity contribution >= 4 is 34.9 Å². The van der Waals surface area contributed by atoms with E-state index in [0.717, 1.165) is 44.3 Å². The number of carbonyl (C=O) groups is 1. The first kappa shape index (κ1) is 17.1. The summed E-state index contributed by atoms with van der Waals surface area (Å²) in [5.74, 6) is 1.26. The second-order valence-electron chi connectivity index (χ2n) is 6.42. The molecule has 2 aliphatic rings. The highest BCUT2D eigenvalue weighted by molar-refractivity contribution is 7.99. The van der Waals surface area contributed by atoms with E-state index in [1.54, 1.807) is 0 Å². The predicted molar refractivity (Wildman–Crippen MR) is 94.6 cm³/mol. The Hall–Kier alpha value is -0.290. The van der Waals surface area contributed by atoms with Crippen molar-refractivity contribution in [3.05, 3.63) is 0 Å². The molecule has 2 aliphatic carbocycles. The van der Waals surface area contributed by atoms with Crippen LogP contribution in [0.2, 0.25) is 0 Å². The molecule has 0 aromatic heterocycles. The number of nitrogens with two attached hydrogens (primary N) is 1. The first-order valence-electron chi connectivity index (χ1n) is 8.31. The molecule has 0 radical (unpaired) electrons. The molecule has 0 saturated heterocycles. The van der Waals surface area contributed by atoms with Gasteiger partial charge in [0.25, 0.3) is 0 Å². The number of nitrogens with one attached hydrogen (secondary N) is 1. The Labute approximate surface area is 138 Å². The number of carbonyl (C=O) groups excluding carboxylic acids is 1. The number of hydrogen-bond donors (Lipinski definition) is 2. The molecule has 2 unspecified atom stereocenters. The number of thiocarbonyl (C=S) groups is 1. The normalized spacial score (nSPS) is 28.8. The van der Waals surface area contributed by atoms with Crippen molar-refractivity contribution in [2.75, 3.05) is 5.75 Å². The number of rotatable bonds is 5. The molecule has 0 heterocycles. The van der Waals surface area contributed by atoms with Crippen molar-refractivity contribution in [2.45, 2.75) is 76.0 Å². The van der Waals surface area contributed by atoms with Crippen LogP contribution in [0, 0.1) is 5.41 Å². The summed E-state index contributed by atoms with van der Waals surface area (Å²) in [6.45, 7) is 2.20. The lowest BCUT2D eigenvalue weighted by molar-refractivity contribution is -0.128. The fraction of sp³-hybridized carbons (Fsp3) is 0.875. The maximum atomic E-state index is 12.8. The highest BCUT2D eigenvalue weighted by Gasteiger charge is 2.42. The summed E-state index contributed by atoms with van der Waals surface area (Å²) in [6.07, 6.45) is 9.56. The van der Waals surface area contributed by atoms with Gasteiger partial charge in [-0.05, 0) is 37.9 Å². The quantitative estimate of drug-likeness (QED) is 0.600. The minimum absolute atomic E-state index is 0.101. The maximum Gasteiger partial charge on any atom is 0.233 e. The van der Waals surface area contributed by atoms with E-state index in [2.05, 4.69) is 12.2 Å². The lowest BCUT2D eigenvalue weighted by atomic mass is 9.79. The molecule has 3 nitrogen and oxygen atoms in total. The first-order chi connectivity index (χ1) is 10.1. The maximum absolute atomic E-state index is 12.8. The topological polar surface area (TPSA) is 55.1 Å². The lowest BCUT2D eigenvalue weighted by Crippen LogP contribution is -2.51. The average molecular weight is 329 g/mol. The van der Waals surface area contributed by atoms with E-state index in [-0.39, 0.29) is 5.91 Å². The second-order valence-corrected chi connectivity index (χ2v) is 8.44. The Kier molecular flexibility index (Phi) is 6.35. The Morgan fingerprint density at radius 1 is 1.29 bits per heavy atom. The Morgan fingerprint density at radius 2 is 1.95 bits per heavy atom. The molecule has 120 valence electrons. The van der Waals surface area contributed by atoms with Gasteiger partial charge in [0, 0.05) is 11.3 Å². The van der Waals surface area contributed by atoms with E-state index in [4.69, 9.17) is 18.0 Å². The second kappa shape index (κ2) is 7.82. The number of thioether (sulfide) groups is 1. The molecule has 0 bridgehead atoms. The summed E-state index contributed by atoms with van der Waals surface area (Å²) in [5.41, 5.74) is 5.41. The highest BCUT2D eigenvalue weighted by Crippen LogP contribution is 2.37. The smallest absolute Gasteiger partial charge is 0.233 e. The summed E-state index contributed by atoms with van der Waals surface area (Å²) in [5, 5.41) is 3.97. The molecule has 0 spiro atoms. The zero-order valence-corrected chi connectivity index (χ0v) is 14.7. The third kappa shape index (κ3) is 4.13. The Balaban J connectivity index is 1.98. The molecule has 1 amide bonds. The zero-order valence-electron chi connectivity index (χ0n) is 13.0. The van der Waals surface area contributed by atoms with Gasteiger partial charge in [-0.2, -0.15) is 11.8 Å². The third-order valence-corrected chi connectivity index (χ3v) is 6.61. The van der Waals surface area contributed by atoms with Crippen LogP contribution in [-0.4, -0.2) is 27.9 Å². The van der Waals surface area contributed by atoms with Gasteiger partial charge in [-0.15, -0.1) is 0 Å². The standard InChI is InChI=1S/C16H28N2OS2/c1-2-21-13-8-7-12(11-13)18-15(19)16(14(17)20)9-5-3-4-6-10-16/h12-13H,2-11H2,1H3,(H2,17,20)(H,18,19). The van der Waals surface area contributed by atoms with Gasteiger partial charge in [-0.3, -0.25) is 4.79 Å². The molecule has 2 fully saturated rings. The minimum Gasteiger partial charge on any atom is -0.392 e. The van der Waals surface area contributed by atoms with Crippen LogP contribution in [0.5, 0.6) is 0 Å². The van der Waals surface area contributed by atoms with Crippen LogP contribution < -0.4 is 11.1 Å². The van der Waals surface area contributed by atoms with E-state index in [0.29, 0.717) is 16.3 Å². The Bertz CT molecular complexity index is 378. The van der Waals surface area contributed by atoms with Crippen LogP contribution in [0.1, 0.15) is 64.7 Å². The summed E-state index contributed by atoms with van der Waals surface area (Å²) < 4.78 is 0. The molecule has 2 rings (SSSR count). The average Bonchev–Trinajstić information content (AvgIpc) is 2.74. The molecule has 0 aromatic rings. The molecule has 3 N–H and O–H groups in total. The van der Waals surface area contributed by atoms with Gasteiger partial charge < -0.3 is 11.1 Å². The largest absolute Gasteiger partial charge is 0.392 e. The van der Waals surface area contributed by atoms with Crippen LogP contribution in [-0.2, 0) is 4.79 Å². The lowest BCUT2D eigenvalue weighted by Gasteiger charge is -2.31. The van der Waals surface area contributed by atoms with E-state index >= 15 is 0 Å². The van der Waals surface area contributed by atoms with Crippen molar-refractivity contribution in [3.63, 3.8) is 0 Å². The summed E-state index contributed by atoms with van der Waals surface area (Å²) in [7, 11) is 0. The Morgan fingerprint density at radius 3 is 2.52 bits per heavy atom. The summed E-state index contributed by atoms with van der Waals surface area (Å²) >= 11 is 7.29. The SMILES string of the molecule is CCSC1CCC(NC(=O)C2(C(N)=S)CCCCCC2)C1. The minimum atomic E-state index is -0.582. The van der Waals surface area contributed by atoms with E-state index < -0.39 is 5.41 Å². The monoisotopic (exact) mass is 328 g/mol.